The molecule has 3 aromatic rings. The van der Waals surface area contributed by atoms with Gasteiger partial charge in [-0.25, -0.2) is 13.9 Å². The zero-order valence-corrected chi connectivity index (χ0v) is 17.7. The molecule has 0 spiro atoms. The second-order valence-electron chi connectivity index (χ2n) is 7.64. The minimum Gasteiger partial charge on any atom is -0.478 e. The number of carboxylic acid groups (broad SMARTS) is 1. The van der Waals surface area contributed by atoms with Crippen molar-refractivity contribution >= 4 is 23.5 Å². The predicted molar refractivity (Wildman–Crippen MR) is 114 cm³/mol. The second-order valence-corrected chi connectivity index (χ2v) is 7.64. The molecule has 0 bridgehead atoms. The van der Waals surface area contributed by atoms with Crippen molar-refractivity contribution in [3.8, 4) is 11.4 Å². The van der Waals surface area contributed by atoms with E-state index in [4.69, 9.17) is 5.73 Å². The normalized spacial score (nSPS) is 16.0. The number of carbonyl (C=O) groups excluding carboxylic acids is 2. The number of amides is 2. The van der Waals surface area contributed by atoms with Crippen LogP contribution >= 0.6 is 0 Å². The van der Waals surface area contributed by atoms with E-state index < -0.39 is 29.5 Å². The maximum absolute atomic E-state index is 13.4. The lowest BCUT2D eigenvalue weighted by atomic mass is 9.85. The topological polar surface area (TPSA) is 144 Å². The Balaban J connectivity index is 1.89. The van der Waals surface area contributed by atoms with E-state index in [2.05, 4.69) is 15.5 Å². The van der Waals surface area contributed by atoms with Crippen molar-refractivity contribution in [3.05, 3.63) is 70.7 Å². The summed E-state index contributed by atoms with van der Waals surface area (Å²) in [5.74, 6) is -3.23. The quantitative estimate of drug-likeness (QED) is 0.604. The lowest BCUT2D eigenvalue weighted by molar-refractivity contribution is -0.133. The van der Waals surface area contributed by atoms with Gasteiger partial charge >= 0.3 is 5.97 Å². The maximum atomic E-state index is 13.4. The number of anilines is 1. The Morgan fingerprint density at radius 3 is 2.48 bits per heavy atom. The Morgan fingerprint density at radius 2 is 1.91 bits per heavy atom. The standard InChI is InChI=1S/C22H19FN6O4/c1-11-7-18(16(8-14(11)20(24)31)21-25-26-27-28(21)2)29-10-17(22(32)33)15(9-19(29)30)12-3-5-13(23)6-4-12/h3-8,10,15H,9H2,1-2H3,(H2,24,31)(H,32,33)/t15-/m0/s1. The van der Waals surface area contributed by atoms with Crippen LogP contribution in [0.4, 0.5) is 10.1 Å². The summed E-state index contributed by atoms with van der Waals surface area (Å²) in [5.41, 5.74) is 7.30. The van der Waals surface area contributed by atoms with Crippen LogP contribution in [0.1, 0.15) is 33.8 Å². The van der Waals surface area contributed by atoms with Crippen LogP contribution in [-0.4, -0.2) is 43.1 Å². The van der Waals surface area contributed by atoms with Gasteiger partial charge in [0.05, 0.1) is 11.3 Å². The largest absolute Gasteiger partial charge is 0.478 e. The fourth-order valence-corrected chi connectivity index (χ4v) is 3.88. The number of primary amides is 1. The molecule has 4 rings (SSSR count). The molecule has 1 aliphatic rings. The van der Waals surface area contributed by atoms with Crippen LogP contribution < -0.4 is 10.6 Å². The van der Waals surface area contributed by atoms with Crippen LogP contribution in [0.15, 0.2) is 48.2 Å². The van der Waals surface area contributed by atoms with Gasteiger partial charge in [0, 0.05) is 36.7 Å². The van der Waals surface area contributed by atoms with Crippen LogP contribution in [0.2, 0.25) is 0 Å². The number of nitrogens with zero attached hydrogens (tertiary/aromatic N) is 5. The number of aliphatic carboxylic acids is 1. The van der Waals surface area contributed by atoms with E-state index in [1.165, 1.54) is 46.1 Å². The first-order valence-electron chi connectivity index (χ1n) is 9.87. The van der Waals surface area contributed by atoms with Gasteiger partial charge in [-0.3, -0.25) is 14.5 Å². The van der Waals surface area contributed by atoms with Gasteiger partial charge in [-0.1, -0.05) is 12.1 Å². The van der Waals surface area contributed by atoms with Gasteiger partial charge < -0.3 is 10.8 Å². The number of hydrogen-bond acceptors (Lipinski definition) is 6. The van der Waals surface area contributed by atoms with E-state index in [1.807, 2.05) is 0 Å². The van der Waals surface area contributed by atoms with Crippen LogP contribution in [0.3, 0.4) is 0 Å². The van der Waals surface area contributed by atoms with Crippen molar-refractivity contribution < 1.29 is 23.9 Å². The maximum Gasteiger partial charge on any atom is 0.333 e. The summed E-state index contributed by atoms with van der Waals surface area (Å²) < 4.78 is 14.7. The van der Waals surface area contributed by atoms with Gasteiger partial charge in [0.25, 0.3) is 0 Å². The second kappa shape index (κ2) is 8.26. The van der Waals surface area contributed by atoms with Gasteiger partial charge in [0.2, 0.25) is 11.8 Å². The summed E-state index contributed by atoms with van der Waals surface area (Å²) in [4.78, 5) is 38.4. The summed E-state index contributed by atoms with van der Waals surface area (Å²) in [6.07, 6.45) is 1.09. The number of benzene rings is 2. The van der Waals surface area contributed by atoms with Crippen molar-refractivity contribution in [2.24, 2.45) is 12.8 Å². The molecule has 0 saturated heterocycles. The molecular weight excluding hydrogens is 431 g/mol. The molecule has 1 atom stereocenters. The summed E-state index contributed by atoms with van der Waals surface area (Å²) in [6.45, 7) is 1.65. The highest BCUT2D eigenvalue weighted by molar-refractivity contribution is 6.06. The van der Waals surface area contributed by atoms with Crippen molar-refractivity contribution in [1.82, 2.24) is 20.2 Å². The van der Waals surface area contributed by atoms with E-state index >= 15 is 0 Å². The predicted octanol–water partition coefficient (Wildman–Crippen LogP) is 1.91. The highest BCUT2D eigenvalue weighted by Crippen LogP contribution is 2.39. The summed E-state index contributed by atoms with van der Waals surface area (Å²) in [5, 5.41) is 21.2. The molecule has 0 unspecified atom stereocenters. The molecule has 0 saturated carbocycles. The Kier molecular flexibility index (Phi) is 5.46. The third kappa shape index (κ3) is 3.95. The summed E-state index contributed by atoms with van der Waals surface area (Å²) >= 11 is 0. The molecule has 0 radical (unpaired) electrons. The smallest absolute Gasteiger partial charge is 0.333 e. The molecule has 1 aliphatic heterocycles. The molecule has 33 heavy (non-hydrogen) atoms. The van der Waals surface area contributed by atoms with Crippen molar-refractivity contribution in [1.29, 1.82) is 0 Å². The van der Waals surface area contributed by atoms with Gasteiger partial charge in [0.1, 0.15) is 5.82 Å². The molecular formula is C22H19FN6O4. The number of nitrogens with two attached hydrogens (primary N) is 1. The molecule has 0 fully saturated rings. The lowest BCUT2D eigenvalue weighted by Crippen LogP contribution is -2.35. The zero-order chi connectivity index (χ0) is 23.9. The highest BCUT2D eigenvalue weighted by atomic mass is 19.1. The molecule has 1 aromatic heterocycles. The van der Waals surface area contributed by atoms with E-state index in [0.717, 1.165) is 0 Å². The average Bonchev–Trinajstić information content (AvgIpc) is 3.19. The van der Waals surface area contributed by atoms with E-state index in [1.54, 1.807) is 20.0 Å². The number of aromatic nitrogens is 4. The minimum absolute atomic E-state index is 0.0418. The summed E-state index contributed by atoms with van der Waals surface area (Å²) in [6, 6.07) is 8.40. The number of carboxylic acids is 1. The Labute approximate surface area is 187 Å². The third-order valence-corrected chi connectivity index (χ3v) is 5.54. The van der Waals surface area contributed by atoms with Crippen LogP contribution in [0.25, 0.3) is 11.4 Å². The molecule has 168 valence electrons. The van der Waals surface area contributed by atoms with Crippen molar-refractivity contribution in [3.63, 3.8) is 0 Å². The minimum atomic E-state index is -1.21. The number of tetrazole rings is 1. The monoisotopic (exact) mass is 450 g/mol. The molecule has 10 nitrogen and oxygen atoms in total. The molecule has 0 aliphatic carbocycles. The fourth-order valence-electron chi connectivity index (χ4n) is 3.88. The Bertz CT molecular complexity index is 1310. The molecule has 2 heterocycles. The zero-order valence-electron chi connectivity index (χ0n) is 17.7. The number of rotatable bonds is 5. The van der Waals surface area contributed by atoms with Gasteiger partial charge in [-0.05, 0) is 52.7 Å². The number of carbonyl (C=O) groups is 3. The van der Waals surface area contributed by atoms with Crippen molar-refractivity contribution in [2.75, 3.05) is 4.90 Å². The third-order valence-electron chi connectivity index (χ3n) is 5.54. The Morgan fingerprint density at radius 1 is 1.21 bits per heavy atom. The SMILES string of the molecule is Cc1cc(N2C=C(C(=O)O)[C@H](c3ccc(F)cc3)CC2=O)c(-c2nnnn2C)cc1C(N)=O. The first-order chi connectivity index (χ1) is 15.7. The molecule has 2 aromatic carbocycles. The van der Waals surface area contributed by atoms with Gasteiger partial charge in [-0.15, -0.1) is 5.10 Å². The van der Waals surface area contributed by atoms with E-state index in [0.29, 0.717) is 22.4 Å². The summed E-state index contributed by atoms with van der Waals surface area (Å²) in [7, 11) is 1.59. The van der Waals surface area contributed by atoms with E-state index in [9.17, 15) is 23.9 Å². The number of aryl methyl sites for hydroxylation is 2. The first kappa shape index (κ1) is 21.8. The van der Waals surface area contributed by atoms with Gasteiger partial charge in [-0.2, -0.15) is 0 Å². The molecule has 2 amide bonds. The first-order valence-corrected chi connectivity index (χ1v) is 9.87. The van der Waals surface area contributed by atoms with Gasteiger partial charge in [0.15, 0.2) is 5.82 Å². The van der Waals surface area contributed by atoms with Crippen LogP contribution in [-0.2, 0) is 16.6 Å². The molecule has 11 heteroatoms. The van der Waals surface area contributed by atoms with Crippen molar-refractivity contribution in [2.45, 2.75) is 19.3 Å². The number of halogens is 1. The van der Waals surface area contributed by atoms with Crippen LogP contribution in [0.5, 0.6) is 0 Å². The van der Waals surface area contributed by atoms with Crippen LogP contribution in [0, 0.1) is 12.7 Å². The molecule has 3 N–H and O–H groups in total. The average molecular weight is 450 g/mol. The lowest BCUT2D eigenvalue weighted by Gasteiger charge is -2.31. The Hall–Kier alpha value is -4.41. The number of hydrogen-bond donors (Lipinski definition) is 2. The highest BCUT2D eigenvalue weighted by Gasteiger charge is 2.34. The van der Waals surface area contributed by atoms with E-state index in [-0.39, 0.29) is 23.4 Å². The fraction of sp³-hybridized carbons (Fsp3) is 0.182.